The first-order valence-electron chi connectivity index (χ1n) is 5.21. The third-order valence-electron chi connectivity index (χ3n) is 2.70. The van der Waals surface area contributed by atoms with E-state index in [0.29, 0.717) is 0 Å². The molecule has 0 fully saturated rings. The van der Waals surface area contributed by atoms with Gasteiger partial charge in [0.05, 0.1) is 13.7 Å². The molecule has 1 aromatic rings. The molecule has 0 amide bonds. The Hall–Kier alpha value is -2.06. The molecule has 5 heteroatoms. The maximum Gasteiger partial charge on any atom is 0.328 e. The Labute approximate surface area is 105 Å². The van der Waals surface area contributed by atoms with E-state index in [1.54, 1.807) is 0 Å². The van der Waals surface area contributed by atoms with Crippen LogP contribution >= 0.6 is 0 Å². The van der Waals surface area contributed by atoms with E-state index in [1.165, 1.54) is 26.2 Å². The highest BCUT2D eigenvalue weighted by atomic mass is 19.1. The molecule has 1 aromatic carbocycles. The Morgan fingerprint density at radius 1 is 1.67 bits per heavy atom. The van der Waals surface area contributed by atoms with Crippen molar-refractivity contribution < 1.29 is 19.0 Å². The quantitative estimate of drug-likeness (QED) is 0.776. The number of carbonyl (C=O) groups is 1. The molecule has 4 nitrogen and oxygen atoms in total. The van der Waals surface area contributed by atoms with Gasteiger partial charge in [0.1, 0.15) is 5.54 Å². The number of carboxylic acids is 1. The van der Waals surface area contributed by atoms with Crippen molar-refractivity contribution in [2.75, 3.05) is 13.7 Å². The Morgan fingerprint density at radius 3 is 2.78 bits per heavy atom. The van der Waals surface area contributed by atoms with Crippen LogP contribution < -0.4 is 10.1 Å². The molecule has 1 unspecified atom stereocenters. The minimum absolute atomic E-state index is 0.0587. The number of aliphatic carboxylic acids is 1. The van der Waals surface area contributed by atoms with Gasteiger partial charge in [-0.3, -0.25) is 5.32 Å². The van der Waals surface area contributed by atoms with E-state index in [9.17, 15) is 14.3 Å². The zero-order valence-corrected chi connectivity index (χ0v) is 10.2. The van der Waals surface area contributed by atoms with Crippen LogP contribution in [-0.2, 0) is 10.3 Å². The average molecular weight is 251 g/mol. The van der Waals surface area contributed by atoms with Crippen LogP contribution in [0.15, 0.2) is 18.2 Å². The number of hydrogen-bond donors (Lipinski definition) is 2. The van der Waals surface area contributed by atoms with E-state index >= 15 is 0 Å². The summed E-state index contributed by atoms with van der Waals surface area (Å²) < 4.78 is 18.4. The van der Waals surface area contributed by atoms with E-state index in [-0.39, 0.29) is 17.9 Å². The fourth-order valence-electron chi connectivity index (χ4n) is 1.51. The van der Waals surface area contributed by atoms with Crippen LogP contribution in [0.2, 0.25) is 0 Å². The standard InChI is InChI=1S/C13H14FNO3/c1-4-7-15-13(2,12(16)17)9-5-6-11(18-3)10(14)8-9/h1,5-6,8,15H,7H2,2-3H3,(H,16,17). The molecule has 2 N–H and O–H groups in total. The summed E-state index contributed by atoms with van der Waals surface area (Å²) >= 11 is 0. The van der Waals surface area contributed by atoms with Crippen LogP contribution in [0.1, 0.15) is 12.5 Å². The molecule has 96 valence electrons. The Morgan fingerprint density at radius 2 is 2.33 bits per heavy atom. The summed E-state index contributed by atoms with van der Waals surface area (Å²) in [6.45, 7) is 1.49. The number of benzene rings is 1. The molecule has 18 heavy (non-hydrogen) atoms. The van der Waals surface area contributed by atoms with Crippen molar-refractivity contribution in [3.63, 3.8) is 0 Å². The minimum atomic E-state index is -1.44. The lowest BCUT2D eigenvalue weighted by Gasteiger charge is -2.26. The molecular formula is C13H14FNO3. The minimum Gasteiger partial charge on any atom is -0.494 e. The van der Waals surface area contributed by atoms with Gasteiger partial charge < -0.3 is 9.84 Å². The number of rotatable bonds is 5. The number of carboxylic acid groups (broad SMARTS) is 1. The average Bonchev–Trinajstić information content (AvgIpc) is 2.35. The van der Waals surface area contributed by atoms with Gasteiger partial charge in [-0.25, -0.2) is 9.18 Å². The first-order chi connectivity index (χ1) is 8.45. The summed E-state index contributed by atoms with van der Waals surface area (Å²) in [5.41, 5.74) is -1.18. The topological polar surface area (TPSA) is 58.6 Å². The predicted molar refractivity (Wildman–Crippen MR) is 64.8 cm³/mol. The molecule has 0 aliphatic heterocycles. The van der Waals surface area contributed by atoms with Gasteiger partial charge in [0.2, 0.25) is 0 Å². The first kappa shape index (κ1) is 14.0. The van der Waals surface area contributed by atoms with Gasteiger partial charge in [0.15, 0.2) is 11.6 Å². The van der Waals surface area contributed by atoms with E-state index < -0.39 is 17.3 Å². The second-order valence-corrected chi connectivity index (χ2v) is 3.84. The number of methoxy groups -OCH3 is 1. The third-order valence-corrected chi connectivity index (χ3v) is 2.70. The molecule has 1 atom stereocenters. The summed E-state index contributed by atoms with van der Waals surface area (Å²) in [5, 5.41) is 11.9. The zero-order valence-electron chi connectivity index (χ0n) is 10.2. The molecule has 0 spiro atoms. The van der Waals surface area contributed by atoms with Crippen LogP contribution in [0.3, 0.4) is 0 Å². The normalized spacial score (nSPS) is 13.4. The Balaban J connectivity index is 3.18. The highest BCUT2D eigenvalue weighted by Crippen LogP contribution is 2.26. The smallest absolute Gasteiger partial charge is 0.328 e. The van der Waals surface area contributed by atoms with Crippen LogP contribution in [0.4, 0.5) is 4.39 Å². The van der Waals surface area contributed by atoms with E-state index in [0.717, 1.165) is 6.07 Å². The highest BCUT2D eigenvalue weighted by molar-refractivity contribution is 5.80. The monoisotopic (exact) mass is 251 g/mol. The SMILES string of the molecule is C#CCNC(C)(C(=O)O)c1ccc(OC)c(F)c1. The Kier molecular flexibility index (Phi) is 4.29. The van der Waals surface area contributed by atoms with Gasteiger partial charge in [-0.15, -0.1) is 6.42 Å². The predicted octanol–water partition coefficient (Wildman–Crippen LogP) is 1.36. The molecule has 0 heterocycles. The number of ether oxygens (including phenoxy) is 1. The number of halogens is 1. The molecule has 0 aliphatic carbocycles. The van der Waals surface area contributed by atoms with E-state index in [1.807, 2.05) is 0 Å². The molecular weight excluding hydrogens is 237 g/mol. The fourth-order valence-corrected chi connectivity index (χ4v) is 1.51. The van der Waals surface area contributed by atoms with Gasteiger partial charge in [0, 0.05) is 0 Å². The summed E-state index contributed by atoms with van der Waals surface area (Å²) in [4.78, 5) is 11.3. The molecule has 1 rings (SSSR count). The largest absolute Gasteiger partial charge is 0.494 e. The van der Waals surface area contributed by atoms with Crippen molar-refractivity contribution >= 4 is 5.97 Å². The van der Waals surface area contributed by atoms with Crippen molar-refractivity contribution in [3.8, 4) is 18.1 Å². The summed E-state index contributed by atoms with van der Waals surface area (Å²) in [7, 11) is 1.34. The molecule has 0 saturated carbocycles. The van der Waals surface area contributed by atoms with E-state index in [2.05, 4.69) is 11.2 Å². The molecule has 0 radical (unpaired) electrons. The van der Waals surface area contributed by atoms with Crippen molar-refractivity contribution in [3.05, 3.63) is 29.6 Å². The van der Waals surface area contributed by atoms with Crippen molar-refractivity contribution in [2.24, 2.45) is 0 Å². The second-order valence-electron chi connectivity index (χ2n) is 3.84. The lowest BCUT2D eigenvalue weighted by Crippen LogP contribution is -2.46. The summed E-state index contributed by atoms with van der Waals surface area (Å²) in [6, 6.07) is 3.99. The molecule has 0 bridgehead atoms. The second kappa shape index (κ2) is 5.52. The summed E-state index contributed by atoms with van der Waals surface area (Å²) in [5.74, 6) is 0.594. The van der Waals surface area contributed by atoms with Crippen LogP contribution in [0.25, 0.3) is 0 Å². The van der Waals surface area contributed by atoms with Crippen LogP contribution in [-0.4, -0.2) is 24.7 Å². The van der Waals surface area contributed by atoms with E-state index in [4.69, 9.17) is 11.2 Å². The lowest BCUT2D eigenvalue weighted by molar-refractivity contribution is -0.144. The van der Waals surface area contributed by atoms with Crippen molar-refractivity contribution in [1.29, 1.82) is 0 Å². The number of terminal acetylenes is 1. The fraction of sp³-hybridized carbons (Fsp3) is 0.308. The van der Waals surface area contributed by atoms with Crippen LogP contribution in [0.5, 0.6) is 5.75 Å². The third kappa shape index (κ3) is 2.60. The van der Waals surface area contributed by atoms with Gasteiger partial charge in [0.25, 0.3) is 0 Å². The summed E-state index contributed by atoms with van der Waals surface area (Å²) in [6.07, 6.45) is 5.09. The number of nitrogens with one attached hydrogen (secondary N) is 1. The van der Waals surface area contributed by atoms with Gasteiger partial charge in [-0.2, -0.15) is 0 Å². The Bertz CT molecular complexity index is 495. The van der Waals surface area contributed by atoms with Gasteiger partial charge in [-0.1, -0.05) is 12.0 Å². The van der Waals surface area contributed by atoms with Crippen molar-refractivity contribution in [2.45, 2.75) is 12.5 Å². The van der Waals surface area contributed by atoms with Crippen LogP contribution in [0, 0.1) is 18.2 Å². The van der Waals surface area contributed by atoms with Gasteiger partial charge >= 0.3 is 5.97 Å². The highest BCUT2D eigenvalue weighted by Gasteiger charge is 2.35. The van der Waals surface area contributed by atoms with Crippen molar-refractivity contribution in [1.82, 2.24) is 5.32 Å². The van der Waals surface area contributed by atoms with Gasteiger partial charge in [-0.05, 0) is 24.6 Å². The maximum absolute atomic E-state index is 13.6. The number of hydrogen-bond acceptors (Lipinski definition) is 3. The molecule has 0 saturated heterocycles. The zero-order chi connectivity index (χ0) is 13.8. The lowest BCUT2D eigenvalue weighted by atomic mass is 9.92. The molecule has 0 aromatic heterocycles. The molecule has 0 aliphatic rings. The first-order valence-corrected chi connectivity index (χ1v) is 5.21. The maximum atomic E-state index is 13.6.